The van der Waals surface area contributed by atoms with Crippen molar-refractivity contribution in [2.45, 2.75) is 46.1 Å². The molecule has 0 heterocycles. The predicted octanol–water partition coefficient (Wildman–Crippen LogP) is 5.00. The molecule has 4 heteroatoms. The van der Waals surface area contributed by atoms with Crippen molar-refractivity contribution in [1.82, 2.24) is 0 Å². The Kier molecular flexibility index (Phi) is 9.45. The lowest BCUT2D eigenvalue weighted by molar-refractivity contribution is 0.231. The molecule has 114 valence electrons. The number of rotatable bonds is 11. The highest BCUT2D eigenvalue weighted by Crippen LogP contribution is 2.21. The van der Waals surface area contributed by atoms with Crippen LogP contribution in [0.4, 0.5) is 0 Å². The van der Waals surface area contributed by atoms with E-state index >= 15 is 0 Å². The van der Waals surface area contributed by atoms with Crippen molar-refractivity contribution >= 4 is 9.68 Å². The minimum atomic E-state index is 0.341. The highest BCUT2D eigenvalue weighted by molar-refractivity contribution is 6.39. The number of nitrogens with zero attached hydrogens (tertiary/aromatic N) is 2. The Labute approximate surface area is 131 Å². The Bertz CT molecular complexity index is 435. The average molecular weight is 302 g/mol. The zero-order valence-corrected chi connectivity index (χ0v) is 14.2. The largest absolute Gasteiger partial charge is 0.493 e. The summed E-state index contributed by atoms with van der Waals surface area (Å²) < 4.78 is 10.1. The van der Waals surface area contributed by atoms with Gasteiger partial charge in [-0.05, 0) is 18.4 Å². The summed E-state index contributed by atoms with van der Waals surface area (Å²) in [6, 6.07) is 8.10. The number of ether oxygens (including phenoxy) is 1. The smallest absolute Gasteiger partial charge is 0.271 e. The van der Waals surface area contributed by atoms with Crippen LogP contribution in [0.3, 0.4) is 0 Å². The maximum absolute atomic E-state index is 6.02. The Balaban J connectivity index is 2.55. The standard InChI is InChI=1S/C17H26N2OSi/c1-4-7-10-15(5-2)14-20-17-12-9-8-11-16(17)13-18-19-21-6-3/h6,8-9,11-12,15H,3-5,7,10,13-14H2,1-2H3. The van der Waals surface area contributed by atoms with Crippen LogP contribution in [0.1, 0.15) is 45.1 Å². The summed E-state index contributed by atoms with van der Waals surface area (Å²) in [4.78, 5) is 0. The Morgan fingerprint density at radius 3 is 2.86 bits per heavy atom. The van der Waals surface area contributed by atoms with Crippen LogP contribution in [0.15, 0.2) is 46.4 Å². The van der Waals surface area contributed by atoms with E-state index in [-0.39, 0.29) is 0 Å². The first-order valence-electron chi connectivity index (χ1n) is 7.75. The van der Waals surface area contributed by atoms with E-state index in [1.165, 1.54) is 25.7 Å². The van der Waals surface area contributed by atoms with E-state index in [0.717, 1.165) is 17.9 Å². The van der Waals surface area contributed by atoms with Gasteiger partial charge in [0.05, 0.1) is 13.2 Å². The normalized spacial score (nSPS) is 12.5. The van der Waals surface area contributed by atoms with E-state index in [1.807, 2.05) is 18.2 Å². The van der Waals surface area contributed by atoms with Gasteiger partial charge in [-0.1, -0.05) is 57.0 Å². The summed E-state index contributed by atoms with van der Waals surface area (Å²) in [5.41, 5.74) is 2.87. The molecule has 0 N–H and O–H groups in total. The molecule has 0 saturated heterocycles. The van der Waals surface area contributed by atoms with Crippen molar-refractivity contribution < 1.29 is 4.74 Å². The molecule has 0 amide bonds. The quantitative estimate of drug-likeness (QED) is 0.418. The van der Waals surface area contributed by atoms with Gasteiger partial charge < -0.3 is 4.74 Å². The van der Waals surface area contributed by atoms with Gasteiger partial charge >= 0.3 is 0 Å². The molecule has 1 aromatic carbocycles. The molecule has 0 aliphatic rings. The number of unbranched alkanes of at least 4 members (excludes halogenated alkanes) is 1. The maximum atomic E-state index is 6.02. The number of hydrogen-bond donors (Lipinski definition) is 0. The third kappa shape index (κ3) is 7.23. The van der Waals surface area contributed by atoms with Crippen LogP contribution >= 0.6 is 0 Å². The fourth-order valence-electron chi connectivity index (χ4n) is 2.07. The molecule has 0 aromatic heterocycles. The second-order valence-electron chi connectivity index (χ2n) is 5.07. The molecule has 21 heavy (non-hydrogen) atoms. The first-order chi connectivity index (χ1) is 10.3. The van der Waals surface area contributed by atoms with Crippen LogP contribution in [-0.2, 0) is 6.54 Å². The van der Waals surface area contributed by atoms with Gasteiger partial charge in [0, 0.05) is 5.56 Å². The Morgan fingerprint density at radius 2 is 2.14 bits per heavy atom. The third-order valence-corrected chi connectivity index (χ3v) is 3.89. The van der Waals surface area contributed by atoms with E-state index in [2.05, 4.69) is 36.4 Å². The molecule has 0 fully saturated rings. The first kappa shape index (κ1) is 17.6. The molecule has 0 spiro atoms. The second kappa shape index (κ2) is 11.3. The summed E-state index contributed by atoms with van der Waals surface area (Å²) in [7, 11) is 0.341. The molecule has 0 aliphatic carbocycles. The van der Waals surface area contributed by atoms with Gasteiger partial charge in [-0.15, -0.1) is 6.58 Å². The summed E-state index contributed by atoms with van der Waals surface area (Å²) >= 11 is 0. The molecule has 1 aromatic rings. The molecule has 1 atom stereocenters. The summed E-state index contributed by atoms with van der Waals surface area (Å²) in [6.45, 7) is 9.47. The summed E-state index contributed by atoms with van der Waals surface area (Å²) in [5.74, 6) is 1.58. The monoisotopic (exact) mass is 302 g/mol. The van der Waals surface area contributed by atoms with E-state index in [9.17, 15) is 0 Å². The highest BCUT2D eigenvalue weighted by atomic mass is 28.2. The Morgan fingerprint density at radius 1 is 1.33 bits per heavy atom. The van der Waals surface area contributed by atoms with E-state index in [0.29, 0.717) is 22.1 Å². The Hall–Kier alpha value is -1.42. The van der Waals surface area contributed by atoms with Crippen molar-refractivity contribution in [2.24, 2.45) is 15.8 Å². The lowest BCUT2D eigenvalue weighted by Gasteiger charge is -2.17. The van der Waals surface area contributed by atoms with Crippen LogP contribution < -0.4 is 4.74 Å². The topological polar surface area (TPSA) is 34.0 Å². The fourth-order valence-corrected chi connectivity index (χ4v) is 2.31. The molecule has 1 rings (SSSR count). The highest BCUT2D eigenvalue weighted by Gasteiger charge is 2.08. The minimum absolute atomic E-state index is 0.341. The second-order valence-corrected chi connectivity index (χ2v) is 5.93. The SMILES string of the molecule is C=C[Si]N=NCc1ccccc1OCC(CC)CCCC. The number of hydrogen-bond acceptors (Lipinski definition) is 3. The molecule has 0 aliphatic heterocycles. The van der Waals surface area contributed by atoms with Crippen LogP contribution in [0.2, 0.25) is 0 Å². The predicted molar refractivity (Wildman–Crippen MR) is 89.8 cm³/mol. The summed E-state index contributed by atoms with van der Waals surface area (Å²) in [5, 5.41) is 4.17. The van der Waals surface area contributed by atoms with Crippen LogP contribution in [0.25, 0.3) is 0 Å². The zero-order valence-electron chi connectivity index (χ0n) is 13.2. The summed E-state index contributed by atoms with van der Waals surface area (Å²) in [6.07, 6.45) is 4.94. The van der Waals surface area contributed by atoms with Gasteiger partial charge in [0.25, 0.3) is 9.68 Å². The molecule has 3 nitrogen and oxygen atoms in total. The first-order valence-corrected chi connectivity index (χ1v) is 8.77. The average Bonchev–Trinajstić information content (AvgIpc) is 2.53. The molecular weight excluding hydrogens is 276 g/mol. The number of para-hydroxylation sites is 1. The van der Waals surface area contributed by atoms with E-state index in [4.69, 9.17) is 4.74 Å². The third-order valence-electron chi connectivity index (χ3n) is 3.45. The fraction of sp³-hybridized carbons (Fsp3) is 0.529. The van der Waals surface area contributed by atoms with Gasteiger partial charge in [-0.25, -0.2) is 4.78 Å². The van der Waals surface area contributed by atoms with Crippen LogP contribution in [-0.4, -0.2) is 16.3 Å². The molecule has 2 radical (unpaired) electrons. The van der Waals surface area contributed by atoms with Crippen LogP contribution in [0, 0.1) is 5.92 Å². The zero-order chi connectivity index (χ0) is 15.3. The maximum Gasteiger partial charge on any atom is 0.271 e. The van der Waals surface area contributed by atoms with Gasteiger partial charge in [0.15, 0.2) is 0 Å². The number of benzene rings is 1. The van der Waals surface area contributed by atoms with E-state index < -0.39 is 0 Å². The van der Waals surface area contributed by atoms with Crippen molar-refractivity contribution in [1.29, 1.82) is 0 Å². The van der Waals surface area contributed by atoms with Crippen LogP contribution in [0.5, 0.6) is 5.75 Å². The lowest BCUT2D eigenvalue weighted by Crippen LogP contribution is -2.12. The van der Waals surface area contributed by atoms with Crippen molar-refractivity contribution in [3.63, 3.8) is 0 Å². The molecular formula is C17H26N2OSi. The van der Waals surface area contributed by atoms with Gasteiger partial charge in [-0.3, -0.25) is 0 Å². The van der Waals surface area contributed by atoms with Crippen molar-refractivity contribution in [2.75, 3.05) is 6.61 Å². The molecule has 0 bridgehead atoms. The van der Waals surface area contributed by atoms with Gasteiger partial charge in [0.2, 0.25) is 0 Å². The molecule has 0 saturated carbocycles. The minimum Gasteiger partial charge on any atom is -0.493 e. The molecule has 1 unspecified atom stereocenters. The lowest BCUT2D eigenvalue weighted by atomic mass is 10.0. The van der Waals surface area contributed by atoms with E-state index in [1.54, 1.807) is 5.70 Å². The van der Waals surface area contributed by atoms with Gasteiger partial charge in [0.1, 0.15) is 5.75 Å². The van der Waals surface area contributed by atoms with Gasteiger partial charge in [-0.2, -0.15) is 5.11 Å². The van der Waals surface area contributed by atoms with Crippen molar-refractivity contribution in [3.8, 4) is 5.75 Å². The van der Waals surface area contributed by atoms with Crippen molar-refractivity contribution in [3.05, 3.63) is 42.1 Å².